The number of H-pyrrole nitrogens is 1. The van der Waals surface area contributed by atoms with Crippen LogP contribution < -0.4 is 5.32 Å². The van der Waals surface area contributed by atoms with E-state index in [1.165, 1.54) is 17.3 Å². The molecule has 1 aromatic heterocycles. The fourth-order valence-corrected chi connectivity index (χ4v) is 3.46. The summed E-state index contributed by atoms with van der Waals surface area (Å²) < 4.78 is 0. The largest absolute Gasteiger partial charge is 0.333 e. The lowest BCUT2D eigenvalue weighted by atomic mass is 9.97. The number of amides is 1. The van der Waals surface area contributed by atoms with Gasteiger partial charge in [-0.15, -0.1) is 0 Å². The third-order valence-corrected chi connectivity index (χ3v) is 5.25. The van der Waals surface area contributed by atoms with Gasteiger partial charge in [0.25, 0.3) is 0 Å². The average molecular weight is 374 g/mol. The van der Waals surface area contributed by atoms with E-state index in [2.05, 4.69) is 35.2 Å². The molecule has 0 aliphatic heterocycles. The molecular weight excluding hydrogens is 354 g/mol. The van der Waals surface area contributed by atoms with Gasteiger partial charge < -0.3 is 10.3 Å². The van der Waals surface area contributed by atoms with Crippen LogP contribution in [0.1, 0.15) is 31.7 Å². The highest BCUT2D eigenvalue weighted by molar-refractivity contribution is 7.99. The summed E-state index contributed by atoms with van der Waals surface area (Å²) in [5.41, 5.74) is 3.77. The van der Waals surface area contributed by atoms with Crippen LogP contribution in [0, 0.1) is 0 Å². The molecule has 0 spiro atoms. The molecule has 2 N–H and O–H groups in total. The second-order valence-corrected chi connectivity index (χ2v) is 7.34. The standard InChI is InChI=1S/C19H20ClN3OS/c1-3-12(2)14-6-4-5-7-15(14)21-18(24)11-25-19-22-16-9-8-13(20)10-17(16)23-19/h4-10,12H,3,11H2,1-2H3,(H,21,24)(H,22,23)/t12-/m0/s1. The summed E-state index contributed by atoms with van der Waals surface area (Å²) in [5.74, 6) is 0.658. The molecule has 0 fully saturated rings. The number of aromatic amines is 1. The minimum atomic E-state index is -0.0424. The molecule has 0 aliphatic carbocycles. The smallest absolute Gasteiger partial charge is 0.234 e. The van der Waals surface area contributed by atoms with E-state index in [1.807, 2.05) is 30.3 Å². The molecule has 3 aromatic rings. The maximum Gasteiger partial charge on any atom is 0.234 e. The number of imidazole rings is 1. The van der Waals surface area contributed by atoms with Crippen LogP contribution in [0.25, 0.3) is 11.0 Å². The van der Waals surface area contributed by atoms with Gasteiger partial charge in [0, 0.05) is 10.7 Å². The molecule has 4 nitrogen and oxygen atoms in total. The van der Waals surface area contributed by atoms with Crippen LogP contribution >= 0.6 is 23.4 Å². The fourth-order valence-electron chi connectivity index (χ4n) is 2.61. The molecule has 3 rings (SSSR count). The summed E-state index contributed by atoms with van der Waals surface area (Å²) in [5, 5.41) is 4.39. The van der Waals surface area contributed by atoms with E-state index in [9.17, 15) is 4.79 Å². The molecule has 6 heteroatoms. The average Bonchev–Trinajstić information content (AvgIpc) is 3.02. The summed E-state index contributed by atoms with van der Waals surface area (Å²) in [6, 6.07) is 13.5. The first-order valence-electron chi connectivity index (χ1n) is 8.23. The van der Waals surface area contributed by atoms with Crippen molar-refractivity contribution in [2.75, 3.05) is 11.1 Å². The molecule has 0 aliphatic rings. The topological polar surface area (TPSA) is 57.8 Å². The van der Waals surface area contributed by atoms with E-state index in [4.69, 9.17) is 11.6 Å². The van der Waals surface area contributed by atoms with Gasteiger partial charge in [0.2, 0.25) is 5.91 Å². The monoisotopic (exact) mass is 373 g/mol. The first-order chi connectivity index (χ1) is 12.1. The highest BCUT2D eigenvalue weighted by Gasteiger charge is 2.12. The lowest BCUT2D eigenvalue weighted by Crippen LogP contribution is -2.15. The van der Waals surface area contributed by atoms with E-state index in [0.717, 1.165) is 23.1 Å². The molecule has 0 saturated carbocycles. The van der Waals surface area contributed by atoms with Gasteiger partial charge in [-0.2, -0.15) is 0 Å². The summed E-state index contributed by atoms with van der Waals surface area (Å²) in [6.07, 6.45) is 1.03. The van der Waals surface area contributed by atoms with Crippen LogP contribution in [0.15, 0.2) is 47.6 Å². The quantitative estimate of drug-likeness (QED) is 0.564. The summed E-state index contributed by atoms with van der Waals surface area (Å²) in [4.78, 5) is 20.0. The molecule has 0 bridgehead atoms. The minimum absolute atomic E-state index is 0.0424. The Hall–Kier alpha value is -1.98. The van der Waals surface area contributed by atoms with E-state index in [0.29, 0.717) is 21.8 Å². The predicted molar refractivity (Wildman–Crippen MR) is 106 cm³/mol. The Morgan fingerprint density at radius 3 is 2.92 bits per heavy atom. The molecule has 1 amide bonds. The molecular formula is C19H20ClN3OS. The molecule has 0 saturated heterocycles. The number of anilines is 1. The minimum Gasteiger partial charge on any atom is -0.333 e. The maximum absolute atomic E-state index is 12.3. The van der Waals surface area contributed by atoms with Crippen molar-refractivity contribution in [3.05, 3.63) is 53.1 Å². The van der Waals surface area contributed by atoms with Crippen molar-refractivity contribution < 1.29 is 4.79 Å². The molecule has 2 aromatic carbocycles. The van der Waals surface area contributed by atoms with E-state index in [1.54, 1.807) is 6.07 Å². The molecule has 25 heavy (non-hydrogen) atoms. The number of nitrogens with zero attached hydrogens (tertiary/aromatic N) is 1. The lowest BCUT2D eigenvalue weighted by Gasteiger charge is -2.15. The van der Waals surface area contributed by atoms with Crippen LogP contribution in [0.2, 0.25) is 5.02 Å². The normalized spacial score (nSPS) is 12.3. The Bertz CT molecular complexity index is 893. The number of nitrogens with one attached hydrogen (secondary N) is 2. The second-order valence-electron chi connectivity index (χ2n) is 5.94. The summed E-state index contributed by atoms with van der Waals surface area (Å²) >= 11 is 7.36. The van der Waals surface area contributed by atoms with Gasteiger partial charge in [-0.25, -0.2) is 4.98 Å². The molecule has 1 atom stereocenters. The van der Waals surface area contributed by atoms with Crippen molar-refractivity contribution >= 4 is 46.0 Å². The first-order valence-corrected chi connectivity index (χ1v) is 9.60. The number of hydrogen-bond donors (Lipinski definition) is 2. The van der Waals surface area contributed by atoms with Crippen molar-refractivity contribution in [3.63, 3.8) is 0 Å². The van der Waals surface area contributed by atoms with E-state index >= 15 is 0 Å². The molecule has 0 unspecified atom stereocenters. The van der Waals surface area contributed by atoms with Crippen LogP contribution in [0.4, 0.5) is 5.69 Å². The van der Waals surface area contributed by atoms with Gasteiger partial charge in [-0.05, 0) is 42.2 Å². The van der Waals surface area contributed by atoms with Crippen molar-refractivity contribution in [1.29, 1.82) is 0 Å². The third-order valence-electron chi connectivity index (χ3n) is 4.14. The SMILES string of the molecule is CC[C@H](C)c1ccccc1NC(=O)CSc1nc2ccc(Cl)cc2[nH]1. The number of fused-ring (bicyclic) bond motifs is 1. The zero-order valence-electron chi connectivity index (χ0n) is 14.2. The van der Waals surface area contributed by atoms with Gasteiger partial charge in [-0.1, -0.05) is 55.4 Å². The Balaban J connectivity index is 1.65. The Morgan fingerprint density at radius 2 is 2.12 bits per heavy atom. The third kappa shape index (κ3) is 4.35. The van der Waals surface area contributed by atoms with Crippen LogP contribution in [-0.4, -0.2) is 21.6 Å². The van der Waals surface area contributed by atoms with E-state index < -0.39 is 0 Å². The van der Waals surface area contributed by atoms with Gasteiger partial charge in [0.1, 0.15) is 0 Å². The zero-order chi connectivity index (χ0) is 17.8. The van der Waals surface area contributed by atoms with Crippen molar-refractivity contribution in [1.82, 2.24) is 9.97 Å². The number of rotatable bonds is 6. The predicted octanol–water partition coefficient (Wildman–Crippen LogP) is 5.46. The van der Waals surface area contributed by atoms with Gasteiger partial charge >= 0.3 is 0 Å². The van der Waals surface area contributed by atoms with Crippen LogP contribution in [-0.2, 0) is 4.79 Å². The Labute approximate surface area is 156 Å². The van der Waals surface area contributed by atoms with Crippen LogP contribution in [0.3, 0.4) is 0 Å². The van der Waals surface area contributed by atoms with Gasteiger partial charge in [0.05, 0.1) is 16.8 Å². The number of aromatic nitrogens is 2. The molecule has 130 valence electrons. The summed E-state index contributed by atoms with van der Waals surface area (Å²) in [6.45, 7) is 4.31. The fraction of sp³-hybridized carbons (Fsp3) is 0.263. The zero-order valence-corrected chi connectivity index (χ0v) is 15.7. The van der Waals surface area contributed by atoms with Crippen molar-refractivity contribution in [2.45, 2.75) is 31.3 Å². The number of halogens is 1. The summed E-state index contributed by atoms with van der Waals surface area (Å²) in [7, 11) is 0. The second kappa shape index (κ2) is 7.93. The van der Waals surface area contributed by atoms with E-state index in [-0.39, 0.29) is 5.91 Å². The Morgan fingerprint density at radius 1 is 1.32 bits per heavy atom. The first kappa shape index (κ1) is 17.8. The number of carbonyl (C=O) groups excluding carboxylic acids is 1. The van der Waals surface area contributed by atoms with Gasteiger partial charge in [-0.3, -0.25) is 4.79 Å². The Kier molecular flexibility index (Phi) is 5.66. The van der Waals surface area contributed by atoms with Crippen molar-refractivity contribution in [3.8, 4) is 0 Å². The molecule has 1 heterocycles. The number of benzene rings is 2. The number of thioether (sulfide) groups is 1. The number of para-hydroxylation sites is 1. The number of hydrogen-bond acceptors (Lipinski definition) is 3. The number of carbonyl (C=O) groups is 1. The maximum atomic E-state index is 12.3. The highest BCUT2D eigenvalue weighted by Crippen LogP contribution is 2.27. The van der Waals surface area contributed by atoms with Crippen molar-refractivity contribution in [2.24, 2.45) is 0 Å². The highest BCUT2D eigenvalue weighted by atomic mass is 35.5. The lowest BCUT2D eigenvalue weighted by molar-refractivity contribution is -0.113. The van der Waals surface area contributed by atoms with Crippen LogP contribution in [0.5, 0.6) is 0 Å². The van der Waals surface area contributed by atoms with Gasteiger partial charge in [0.15, 0.2) is 5.16 Å². The molecule has 0 radical (unpaired) electrons.